The molecule has 3 heterocycles. The highest BCUT2D eigenvalue weighted by atomic mass is 16.3. The van der Waals surface area contributed by atoms with Crippen LogP contribution in [-0.2, 0) is 0 Å². The molecule has 2 aliphatic rings. The molecule has 0 amide bonds. The van der Waals surface area contributed by atoms with Crippen molar-refractivity contribution in [3.8, 4) is 0 Å². The third-order valence-corrected chi connectivity index (χ3v) is 6.31. The van der Waals surface area contributed by atoms with Gasteiger partial charge in [-0.05, 0) is 62.9 Å². The molecule has 0 radical (unpaired) electrons. The molecule has 0 bridgehead atoms. The van der Waals surface area contributed by atoms with E-state index in [4.69, 9.17) is 4.42 Å². The summed E-state index contributed by atoms with van der Waals surface area (Å²) in [4.78, 5) is 15.3. The number of furan rings is 1. The van der Waals surface area contributed by atoms with Gasteiger partial charge in [-0.25, -0.2) is 0 Å². The van der Waals surface area contributed by atoms with Gasteiger partial charge in [0.1, 0.15) is 11.3 Å². The molecule has 3 heteroatoms. The first-order valence-electron chi connectivity index (χ1n) is 10.1. The van der Waals surface area contributed by atoms with Crippen LogP contribution in [0, 0.1) is 12.8 Å². The van der Waals surface area contributed by atoms with Crippen molar-refractivity contribution in [2.45, 2.75) is 58.9 Å². The van der Waals surface area contributed by atoms with Crippen molar-refractivity contribution >= 4 is 22.3 Å². The second-order valence-electron chi connectivity index (χ2n) is 8.00. The quantitative estimate of drug-likeness (QED) is 0.671. The maximum Gasteiger partial charge on any atom is 0.165 e. The average Bonchev–Trinajstić information content (AvgIpc) is 3.01. The van der Waals surface area contributed by atoms with E-state index in [-0.39, 0.29) is 11.7 Å². The lowest BCUT2D eigenvalue weighted by Crippen LogP contribution is -2.41. The Morgan fingerprint density at radius 1 is 1.35 bits per heavy atom. The number of hydrogen-bond acceptors (Lipinski definition) is 3. The first-order valence-corrected chi connectivity index (χ1v) is 10.1. The van der Waals surface area contributed by atoms with Gasteiger partial charge in [-0.1, -0.05) is 26.3 Å². The number of carbonyl (C=O) groups is 1. The summed E-state index contributed by atoms with van der Waals surface area (Å²) in [6, 6.07) is 6.61. The smallest absolute Gasteiger partial charge is 0.165 e. The van der Waals surface area contributed by atoms with Crippen molar-refractivity contribution in [3.63, 3.8) is 0 Å². The third-order valence-electron chi connectivity index (χ3n) is 6.31. The number of piperidine rings is 1. The average molecular weight is 351 g/mol. The minimum atomic E-state index is 0.0635. The Hall–Kier alpha value is -1.87. The van der Waals surface area contributed by atoms with Crippen LogP contribution in [0.4, 0.5) is 0 Å². The molecule has 1 aromatic carbocycles. The largest absolute Gasteiger partial charge is 0.461 e. The zero-order valence-corrected chi connectivity index (χ0v) is 16.2. The first kappa shape index (κ1) is 17.5. The van der Waals surface area contributed by atoms with Gasteiger partial charge in [0.05, 0.1) is 0 Å². The summed E-state index contributed by atoms with van der Waals surface area (Å²) in [7, 11) is 0. The zero-order valence-electron chi connectivity index (χ0n) is 16.2. The number of fused-ring (bicyclic) bond motifs is 2. The monoisotopic (exact) mass is 351 g/mol. The van der Waals surface area contributed by atoms with Crippen LogP contribution in [0.5, 0.6) is 0 Å². The fourth-order valence-corrected chi connectivity index (χ4v) is 4.54. The molecule has 2 atom stereocenters. The van der Waals surface area contributed by atoms with Crippen LogP contribution in [0.2, 0.25) is 0 Å². The minimum absolute atomic E-state index is 0.0635. The second-order valence-corrected chi connectivity index (χ2v) is 8.00. The van der Waals surface area contributed by atoms with Crippen LogP contribution in [0.15, 0.2) is 28.7 Å². The van der Waals surface area contributed by atoms with Gasteiger partial charge in [-0.3, -0.25) is 9.69 Å². The van der Waals surface area contributed by atoms with E-state index in [2.05, 4.69) is 30.9 Å². The summed E-state index contributed by atoms with van der Waals surface area (Å²) in [6.45, 7) is 8.40. The van der Waals surface area contributed by atoms with Gasteiger partial charge in [0.25, 0.3) is 0 Å². The van der Waals surface area contributed by atoms with E-state index in [9.17, 15) is 4.79 Å². The SMILES string of the molecule is CCC(C)C(=O)c1ccc2oc(C)c(C3=CCN4CCCCC4C3)c2c1. The van der Waals surface area contributed by atoms with Gasteiger partial charge in [-0.2, -0.15) is 0 Å². The Morgan fingerprint density at radius 3 is 3.00 bits per heavy atom. The highest BCUT2D eigenvalue weighted by Gasteiger charge is 2.28. The number of nitrogens with zero attached hydrogens (tertiary/aromatic N) is 1. The zero-order chi connectivity index (χ0) is 18.3. The summed E-state index contributed by atoms with van der Waals surface area (Å²) in [5, 5.41) is 1.10. The molecule has 3 nitrogen and oxygen atoms in total. The Balaban J connectivity index is 1.73. The molecular formula is C23H29NO2. The number of hydrogen-bond donors (Lipinski definition) is 0. The van der Waals surface area contributed by atoms with Crippen molar-refractivity contribution < 1.29 is 9.21 Å². The van der Waals surface area contributed by atoms with E-state index >= 15 is 0 Å². The normalized spacial score (nSPS) is 22.1. The van der Waals surface area contributed by atoms with Crippen molar-refractivity contribution in [2.24, 2.45) is 5.92 Å². The molecule has 2 unspecified atom stereocenters. The highest BCUT2D eigenvalue weighted by molar-refractivity contribution is 6.03. The predicted octanol–water partition coefficient (Wildman–Crippen LogP) is 5.61. The van der Waals surface area contributed by atoms with Gasteiger partial charge < -0.3 is 4.42 Å². The van der Waals surface area contributed by atoms with Gasteiger partial charge in [-0.15, -0.1) is 0 Å². The van der Waals surface area contributed by atoms with Crippen molar-refractivity contribution in [1.29, 1.82) is 0 Å². The van der Waals surface area contributed by atoms with E-state index in [1.165, 1.54) is 36.9 Å². The summed E-state index contributed by atoms with van der Waals surface area (Å²) in [6.07, 6.45) is 8.31. The van der Waals surface area contributed by atoms with Crippen molar-refractivity contribution in [2.75, 3.05) is 13.1 Å². The standard InChI is InChI=1S/C23H29NO2/c1-4-15(2)23(25)18-8-9-21-20(14-18)22(16(3)26-21)17-10-12-24-11-6-5-7-19(24)13-17/h8-10,14-15,19H,4-7,11-13H2,1-3H3. The number of benzene rings is 1. The van der Waals surface area contributed by atoms with Gasteiger partial charge in [0, 0.05) is 35.0 Å². The maximum absolute atomic E-state index is 12.6. The topological polar surface area (TPSA) is 33.5 Å². The van der Waals surface area contributed by atoms with Crippen LogP contribution in [-0.4, -0.2) is 29.8 Å². The lowest BCUT2D eigenvalue weighted by atomic mass is 9.87. The van der Waals surface area contributed by atoms with Crippen molar-refractivity contribution in [1.82, 2.24) is 4.90 Å². The highest BCUT2D eigenvalue weighted by Crippen LogP contribution is 2.38. The number of Topliss-reactive ketones (excluding diaryl/α,β-unsaturated/α-hetero) is 1. The number of carbonyl (C=O) groups excluding carboxylic acids is 1. The molecule has 2 aromatic rings. The first-order chi connectivity index (χ1) is 12.6. The van der Waals surface area contributed by atoms with E-state index in [0.717, 1.165) is 41.7 Å². The van der Waals surface area contributed by atoms with Crippen LogP contribution >= 0.6 is 0 Å². The Bertz CT molecular complexity index is 860. The van der Waals surface area contributed by atoms with Gasteiger partial charge >= 0.3 is 0 Å². The Morgan fingerprint density at radius 2 is 2.19 bits per heavy atom. The van der Waals surface area contributed by atoms with Crippen LogP contribution in [0.25, 0.3) is 16.5 Å². The molecule has 26 heavy (non-hydrogen) atoms. The lowest BCUT2D eigenvalue weighted by molar-refractivity contribution is 0.0927. The number of ketones is 1. The predicted molar refractivity (Wildman–Crippen MR) is 107 cm³/mol. The van der Waals surface area contributed by atoms with Crippen LogP contribution in [0.3, 0.4) is 0 Å². The Kier molecular flexibility index (Phi) is 4.74. The number of rotatable bonds is 4. The molecular weight excluding hydrogens is 322 g/mol. The van der Waals surface area contributed by atoms with Crippen molar-refractivity contribution in [3.05, 3.63) is 41.2 Å². The molecule has 4 rings (SSSR count). The number of aryl methyl sites for hydroxylation is 1. The molecule has 0 N–H and O–H groups in total. The van der Waals surface area contributed by atoms with Gasteiger partial charge in [0.2, 0.25) is 0 Å². The fourth-order valence-electron chi connectivity index (χ4n) is 4.54. The van der Waals surface area contributed by atoms with Gasteiger partial charge in [0.15, 0.2) is 5.78 Å². The summed E-state index contributed by atoms with van der Waals surface area (Å²) >= 11 is 0. The molecule has 2 aliphatic heterocycles. The second kappa shape index (κ2) is 7.03. The van der Waals surface area contributed by atoms with E-state index in [1.54, 1.807) is 0 Å². The van der Waals surface area contributed by atoms with E-state index in [0.29, 0.717) is 6.04 Å². The molecule has 0 spiro atoms. The fraction of sp³-hybridized carbons (Fsp3) is 0.522. The third kappa shape index (κ3) is 3.03. The maximum atomic E-state index is 12.6. The van der Waals surface area contributed by atoms with Crippen LogP contribution < -0.4 is 0 Å². The van der Waals surface area contributed by atoms with E-state index < -0.39 is 0 Å². The summed E-state index contributed by atoms with van der Waals surface area (Å²) in [5.74, 6) is 1.27. The Labute approximate surface area is 156 Å². The minimum Gasteiger partial charge on any atom is -0.461 e. The molecule has 1 saturated heterocycles. The van der Waals surface area contributed by atoms with E-state index in [1.807, 2.05) is 19.1 Å². The molecule has 1 aromatic heterocycles. The summed E-state index contributed by atoms with van der Waals surface area (Å²) < 4.78 is 6.04. The lowest BCUT2D eigenvalue weighted by Gasteiger charge is -2.38. The summed E-state index contributed by atoms with van der Waals surface area (Å²) in [5.41, 5.74) is 4.33. The van der Waals surface area contributed by atoms with Crippen LogP contribution in [0.1, 0.15) is 67.6 Å². The molecule has 0 aliphatic carbocycles. The molecule has 138 valence electrons. The molecule has 1 fully saturated rings. The molecule has 0 saturated carbocycles.